The standard InChI is InChI=1S/C50H36N2/c1-49(2)41-27-39(31-23-25-51-43-19-11-9-15-33(31)43)29-13-5-7-17-35(29)45(41)37-21-22-38-46-36-18-8-6-14-30(36)40(28-42(46)50(3,4)48(38)47(37)49)32-24-26-52-44-20-12-10-16-34(32)44/h5-28H,1-4H3. The molecule has 2 aliphatic carbocycles. The summed E-state index contributed by atoms with van der Waals surface area (Å²) in [5.41, 5.74) is 17.8. The van der Waals surface area contributed by atoms with Gasteiger partial charge in [-0.25, -0.2) is 0 Å². The van der Waals surface area contributed by atoms with Gasteiger partial charge in [0, 0.05) is 34.0 Å². The van der Waals surface area contributed by atoms with Crippen molar-refractivity contribution in [1.82, 2.24) is 9.97 Å². The third-order valence-electron chi connectivity index (χ3n) is 12.3. The van der Waals surface area contributed by atoms with Crippen LogP contribution < -0.4 is 0 Å². The van der Waals surface area contributed by atoms with Crippen molar-refractivity contribution >= 4 is 43.4 Å². The molecule has 9 aromatic rings. The Bertz CT molecular complexity index is 2800. The Morgan fingerprint density at radius 2 is 0.712 bits per heavy atom. The summed E-state index contributed by atoms with van der Waals surface area (Å²) < 4.78 is 0. The number of rotatable bonds is 2. The Morgan fingerprint density at radius 3 is 1.13 bits per heavy atom. The second kappa shape index (κ2) is 10.2. The Labute approximate surface area is 303 Å². The number of hydrogen-bond acceptors (Lipinski definition) is 2. The van der Waals surface area contributed by atoms with Crippen LogP contribution in [0.3, 0.4) is 0 Å². The van der Waals surface area contributed by atoms with Crippen LogP contribution in [0, 0.1) is 0 Å². The molecule has 0 spiro atoms. The predicted octanol–water partition coefficient (Wildman–Crippen LogP) is 13.0. The van der Waals surface area contributed by atoms with Gasteiger partial charge in [0.15, 0.2) is 0 Å². The van der Waals surface area contributed by atoms with E-state index in [2.05, 4.69) is 161 Å². The van der Waals surface area contributed by atoms with Crippen LogP contribution in [0.4, 0.5) is 0 Å². The lowest BCUT2D eigenvalue weighted by molar-refractivity contribution is 0.601. The van der Waals surface area contributed by atoms with Gasteiger partial charge in [-0.05, 0) is 125 Å². The average Bonchev–Trinajstić information content (AvgIpc) is 3.56. The van der Waals surface area contributed by atoms with Gasteiger partial charge in [-0.2, -0.15) is 0 Å². The molecular formula is C50H36N2. The smallest absolute Gasteiger partial charge is 0.0708 e. The minimum atomic E-state index is -0.225. The maximum absolute atomic E-state index is 4.71. The van der Waals surface area contributed by atoms with Gasteiger partial charge in [0.2, 0.25) is 0 Å². The van der Waals surface area contributed by atoms with E-state index in [9.17, 15) is 0 Å². The maximum atomic E-state index is 4.71. The first-order valence-corrected chi connectivity index (χ1v) is 18.3. The molecule has 0 radical (unpaired) electrons. The molecule has 52 heavy (non-hydrogen) atoms. The number of benzene rings is 7. The van der Waals surface area contributed by atoms with E-state index in [-0.39, 0.29) is 10.8 Å². The molecule has 0 amide bonds. The SMILES string of the molecule is CC1(C)c2cc(-c3ccnc4ccccc34)c3ccccc3c2-c2ccc3c(c21)C(C)(C)c1cc(-c2ccnc4ccccc24)c2ccccc2c1-3. The normalized spacial score (nSPS) is 14.8. The van der Waals surface area contributed by atoms with Gasteiger partial charge in [-0.15, -0.1) is 0 Å². The molecule has 7 aromatic carbocycles. The molecule has 2 aromatic heterocycles. The van der Waals surface area contributed by atoms with Crippen LogP contribution in [0.5, 0.6) is 0 Å². The predicted molar refractivity (Wildman–Crippen MR) is 218 cm³/mol. The van der Waals surface area contributed by atoms with Gasteiger partial charge < -0.3 is 0 Å². The summed E-state index contributed by atoms with van der Waals surface area (Å²) in [7, 11) is 0. The van der Waals surface area contributed by atoms with Crippen LogP contribution in [0.15, 0.2) is 146 Å². The van der Waals surface area contributed by atoms with Crippen molar-refractivity contribution in [2.75, 3.05) is 0 Å². The Morgan fingerprint density at radius 1 is 0.346 bits per heavy atom. The van der Waals surface area contributed by atoms with Crippen LogP contribution in [-0.2, 0) is 10.8 Å². The lowest BCUT2D eigenvalue weighted by atomic mass is 9.72. The number of para-hydroxylation sites is 2. The number of nitrogens with zero attached hydrogens (tertiary/aromatic N) is 2. The molecule has 0 fully saturated rings. The van der Waals surface area contributed by atoms with Crippen LogP contribution in [-0.4, -0.2) is 9.97 Å². The summed E-state index contributed by atoms with van der Waals surface area (Å²) in [6.45, 7) is 9.81. The highest BCUT2D eigenvalue weighted by atomic mass is 14.7. The van der Waals surface area contributed by atoms with Gasteiger partial charge in [0.1, 0.15) is 0 Å². The summed E-state index contributed by atoms with van der Waals surface area (Å²) in [4.78, 5) is 9.43. The van der Waals surface area contributed by atoms with Crippen molar-refractivity contribution in [1.29, 1.82) is 0 Å². The zero-order valence-electron chi connectivity index (χ0n) is 29.8. The molecule has 2 heterocycles. The van der Waals surface area contributed by atoms with E-state index in [4.69, 9.17) is 9.97 Å². The third kappa shape index (κ3) is 3.74. The van der Waals surface area contributed by atoms with Crippen LogP contribution in [0.1, 0.15) is 49.9 Å². The van der Waals surface area contributed by atoms with E-state index in [0.717, 1.165) is 11.0 Å². The molecule has 0 bridgehead atoms. The Hall–Kier alpha value is -6.12. The lowest BCUT2D eigenvalue weighted by Crippen LogP contribution is -2.24. The molecule has 0 atom stereocenters. The molecule has 0 aliphatic heterocycles. The topological polar surface area (TPSA) is 25.8 Å². The summed E-state index contributed by atoms with van der Waals surface area (Å²) in [5.74, 6) is 0. The molecule has 0 saturated heterocycles. The molecule has 2 nitrogen and oxygen atoms in total. The van der Waals surface area contributed by atoms with Gasteiger partial charge in [-0.1, -0.05) is 125 Å². The maximum Gasteiger partial charge on any atom is 0.0708 e. The van der Waals surface area contributed by atoms with Crippen LogP contribution in [0.2, 0.25) is 0 Å². The Balaban J connectivity index is 1.19. The highest BCUT2D eigenvalue weighted by molar-refractivity contribution is 6.15. The van der Waals surface area contributed by atoms with E-state index in [1.807, 2.05) is 12.4 Å². The van der Waals surface area contributed by atoms with E-state index in [1.165, 1.54) is 99.1 Å². The fourth-order valence-electron chi connectivity index (χ4n) is 10.0. The van der Waals surface area contributed by atoms with Gasteiger partial charge in [0.05, 0.1) is 11.0 Å². The number of fused-ring (bicyclic) bond motifs is 13. The van der Waals surface area contributed by atoms with Crippen molar-refractivity contribution in [3.05, 3.63) is 168 Å². The molecule has 11 rings (SSSR count). The van der Waals surface area contributed by atoms with Crippen molar-refractivity contribution in [3.8, 4) is 44.5 Å². The number of pyridine rings is 2. The first-order chi connectivity index (χ1) is 25.3. The summed E-state index contributed by atoms with van der Waals surface area (Å²) in [6.07, 6.45) is 3.92. The largest absolute Gasteiger partial charge is 0.256 e. The van der Waals surface area contributed by atoms with Crippen LogP contribution in [0.25, 0.3) is 87.9 Å². The van der Waals surface area contributed by atoms with Crippen molar-refractivity contribution in [3.63, 3.8) is 0 Å². The zero-order chi connectivity index (χ0) is 34.9. The zero-order valence-corrected chi connectivity index (χ0v) is 29.8. The second-order valence-electron chi connectivity index (χ2n) is 15.7. The van der Waals surface area contributed by atoms with Gasteiger partial charge >= 0.3 is 0 Å². The number of aromatic nitrogens is 2. The molecule has 0 saturated carbocycles. The minimum absolute atomic E-state index is 0.225. The lowest BCUT2D eigenvalue weighted by Gasteiger charge is -2.31. The van der Waals surface area contributed by atoms with E-state index >= 15 is 0 Å². The molecular weight excluding hydrogens is 629 g/mol. The van der Waals surface area contributed by atoms with Crippen molar-refractivity contribution in [2.45, 2.75) is 38.5 Å². The monoisotopic (exact) mass is 664 g/mol. The highest BCUT2D eigenvalue weighted by Gasteiger charge is 2.47. The molecule has 2 aliphatic rings. The summed E-state index contributed by atoms with van der Waals surface area (Å²) in [5, 5.41) is 7.56. The van der Waals surface area contributed by atoms with E-state index < -0.39 is 0 Å². The molecule has 2 heteroatoms. The van der Waals surface area contributed by atoms with Gasteiger partial charge in [-0.3, -0.25) is 9.97 Å². The second-order valence-corrected chi connectivity index (χ2v) is 15.7. The summed E-state index contributed by atoms with van der Waals surface area (Å²) in [6, 6.07) is 49.3. The summed E-state index contributed by atoms with van der Waals surface area (Å²) >= 11 is 0. The van der Waals surface area contributed by atoms with E-state index in [1.54, 1.807) is 0 Å². The van der Waals surface area contributed by atoms with Crippen molar-refractivity contribution < 1.29 is 0 Å². The van der Waals surface area contributed by atoms with Crippen LogP contribution >= 0.6 is 0 Å². The first-order valence-electron chi connectivity index (χ1n) is 18.3. The molecule has 0 unspecified atom stereocenters. The quantitative estimate of drug-likeness (QED) is 0.184. The molecule has 0 N–H and O–H groups in total. The molecule has 246 valence electrons. The Kier molecular flexibility index (Phi) is 5.83. The minimum Gasteiger partial charge on any atom is -0.256 e. The fraction of sp³-hybridized carbons (Fsp3) is 0.120. The van der Waals surface area contributed by atoms with Crippen molar-refractivity contribution in [2.24, 2.45) is 0 Å². The van der Waals surface area contributed by atoms with Gasteiger partial charge in [0.25, 0.3) is 0 Å². The first kappa shape index (κ1) is 29.6. The fourth-order valence-corrected chi connectivity index (χ4v) is 10.0. The highest BCUT2D eigenvalue weighted by Crippen LogP contribution is 2.62. The van der Waals surface area contributed by atoms with E-state index in [0.29, 0.717) is 0 Å². The third-order valence-corrected chi connectivity index (χ3v) is 12.3. The number of hydrogen-bond donors (Lipinski definition) is 0. The average molecular weight is 665 g/mol.